The summed E-state index contributed by atoms with van der Waals surface area (Å²) in [5.41, 5.74) is 1.80. The van der Waals surface area contributed by atoms with Gasteiger partial charge in [-0.05, 0) is 29.7 Å². The van der Waals surface area contributed by atoms with Gasteiger partial charge in [-0.3, -0.25) is 4.79 Å². The van der Waals surface area contributed by atoms with Crippen LogP contribution in [0.4, 0.5) is 4.39 Å². The molecule has 0 saturated carbocycles. The molecular formula is C17H18FNO2. The van der Waals surface area contributed by atoms with Gasteiger partial charge in [0.2, 0.25) is 5.91 Å². The zero-order chi connectivity index (χ0) is 15.1. The smallest absolute Gasteiger partial charge is 0.224 e. The van der Waals surface area contributed by atoms with E-state index in [4.69, 9.17) is 4.74 Å². The van der Waals surface area contributed by atoms with Crippen LogP contribution in [0.15, 0.2) is 48.5 Å². The summed E-state index contributed by atoms with van der Waals surface area (Å²) < 4.78 is 18.4. The van der Waals surface area contributed by atoms with Crippen LogP contribution in [-0.4, -0.2) is 19.6 Å². The van der Waals surface area contributed by atoms with E-state index in [-0.39, 0.29) is 18.1 Å². The average molecular weight is 287 g/mol. The summed E-state index contributed by atoms with van der Waals surface area (Å²) in [7, 11) is 1.41. The van der Waals surface area contributed by atoms with Crippen molar-refractivity contribution in [3.05, 3.63) is 65.5 Å². The summed E-state index contributed by atoms with van der Waals surface area (Å²) in [6.45, 7) is 0.571. The Morgan fingerprint density at radius 1 is 1.14 bits per heavy atom. The number of hydrogen-bond donors (Lipinski definition) is 1. The Hall–Kier alpha value is -2.36. The van der Waals surface area contributed by atoms with Gasteiger partial charge >= 0.3 is 0 Å². The highest BCUT2D eigenvalue weighted by Crippen LogP contribution is 2.17. The molecule has 0 heterocycles. The number of ether oxygens (including phenoxy) is 1. The largest absolute Gasteiger partial charge is 0.494 e. The number of halogens is 1. The maximum absolute atomic E-state index is 13.5. The molecule has 0 bridgehead atoms. The summed E-state index contributed by atoms with van der Waals surface area (Å²) in [6.07, 6.45) is 0.944. The van der Waals surface area contributed by atoms with Gasteiger partial charge in [0.15, 0.2) is 11.6 Å². The molecule has 0 atom stereocenters. The third kappa shape index (κ3) is 4.60. The van der Waals surface area contributed by atoms with Crippen LogP contribution in [0.5, 0.6) is 5.75 Å². The van der Waals surface area contributed by atoms with Crippen molar-refractivity contribution >= 4 is 5.91 Å². The van der Waals surface area contributed by atoms with Gasteiger partial charge in [0.25, 0.3) is 0 Å². The quantitative estimate of drug-likeness (QED) is 0.887. The van der Waals surface area contributed by atoms with Crippen LogP contribution >= 0.6 is 0 Å². The highest BCUT2D eigenvalue weighted by atomic mass is 19.1. The summed E-state index contributed by atoms with van der Waals surface area (Å²) in [5, 5.41) is 2.84. The molecule has 0 saturated heterocycles. The van der Waals surface area contributed by atoms with Crippen molar-refractivity contribution in [2.24, 2.45) is 0 Å². The van der Waals surface area contributed by atoms with E-state index in [1.165, 1.54) is 24.8 Å². The fourth-order valence-electron chi connectivity index (χ4n) is 2.06. The highest BCUT2D eigenvalue weighted by Gasteiger charge is 2.07. The molecule has 0 aromatic heterocycles. The van der Waals surface area contributed by atoms with Crippen molar-refractivity contribution in [2.75, 3.05) is 13.7 Å². The molecule has 3 nitrogen and oxygen atoms in total. The summed E-state index contributed by atoms with van der Waals surface area (Å²) in [5.74, 6) is -0.384. The Morgan fingerprint density at radius 2 is 1.90 bits per heavy atom. The van der Waals surface area contributed by atoms with E-state index in [1.807, 2.05) is 30.3 Å². The Bertz CT molecular complexity index is 599. The van der Waals surface area contributed by atoms with Crippen molar-refractivity contribution in [2.45, 2.75) is 12.8 Å². The first kappa shape index (κ1) is 15.0. The standard InChI is InChI=1S/C17H18FNO2/c1-21-16-8-7-14(11-15(16)18)12-17(20)19-10-9-13-5-3-2-4-6-13/h2-8,11H,9-10,12H2,1H3,(H,19,20). The Morgan fingerprint density at radius 3 is 2.57 bits per heavy atom. The number of benzene rings is 2. The SMILES string of the molecule is COc1ccc(CC(=O)NCCc2ccccc2)cc1F. The zero-order valence-electron chi connectivity index (χ0n) is 11.9. The van der Waals surface area contributed by atoms with Gasteiger partial charge in [-0.2, -0.15) is 0 Å². The van der Waals surface area contributed by atoms with E-state index in [9.17, 15) is 9.18 Å². The van der Waals surface area contributed by atoms with Crippen LogP contribution in [0.1, 0.15) is 11.1 Å². The maximum atomic E-state index is 13.5. The second-order valence-corrected chi connectivity index (χ2v) is 4.73. The fourth-order valence-corrected chi connectivity index (χ4v) is 2.06. The third-order valence-electron chi connectivity index (χ3n) is 3.16. The first-order chi connectivity index (χ1) is 10.2. The van der Waals surface area contributed by atoms with Crippen molar-refractivity contribution < 1.29 is 13.9 Å². The van der Waals surface area contributed by atoms with Crippen molar-refractivity contribution in [3.8, 4) is 5.75 Å². The van der Waals surface area contributed by atoms with Gasteiger partial charge in [-0.1, -0.05) is 36.4 Å². The van der Waals surface area contributed by atoms with Crippen LogP contribution in [0, 0.1) is 5.82 Å². The van der Waals surface area contributed by atoms with Crippen LogP contribution in [0.3, 0.4) is 0 Å². The number of hydrogen-bond acceptors (Lipinski definition) is 2. The number of carbonyl (C=O) groups excluding carboxylic acids is 1. The van der Waals surface area contributed by atoms with Gasteiger partial charge < -0.3 is 10.1 Å². The van der Waals surface area contributed by atoms with Gasteiger partial charge in [-0.25, -0.2) is 4.39 Å². The molecule has 0 radical (unpaired) electrons. The molecule has 0 spiro atoms. The number of carbonyl (C=O) groups is 1. The lowest BCUT2D eigenvalue weighted by molar-refractivity contribution is -0.120. The van der Waals surface area contributed by atoms with Crippen LogP contribution in [0.2, 0.25) is 0 Å². The minimum atomic E-state index is -0.452. The lowest BCUT2D eigenvalue weighted by Gasteiger charge is -2.07. The average Bonchev–Trinajstić information content (AvgIpc) is 2.48. The second-order valence-electron chi connectivity index (χ2n) is 4.73. The van der Waals surface area contributed by atoms with E-state index >= 15 is 0 Å². The summed E-state index contributed by atoms with van der Waals surface area (Å²) >= 11 is 0. The minimum Gasteiger partial charge on any atom is -0.494 e. The van der Waals surface area contributed by atoms with E-state index in [2.05, 4.69) is 5.32 Å². The molecule has 0 unspecified atom stereocenters. The predicted octanol–water partition coefficient (Wildman–Crippen LogP) is 2.74. The molecule has 1 amide bonds. The first-order valence-corrected chi connectivity index (χ1v) is 6.82. The molecular weight excluding hydrogens is 269 g/mol. The summed E-state index contributed by atoms with van der Waals surface area (Å²) in [4.78, 5) is 11.8. The molecule has 1 N–H and O–H groups in total. The van der Waals surface area contributed by atoms with Crippen molar-refractivity contribution in [1.29, 1.82) is 0 Å². The molecule has 0 aliphatic carbocycles. The highest BCUT2D eigenvalue weighted by molar-refractivity contribution is 5.78. The summed E-state index contributed by atoms with van der Waals surface area (Å²) in [6, 6.07) is 14.5. The molecule has 21 heavy (non-hydrogen) atoms. The van der Waals surface area contributed by atoms with E-state index in [0.717, 1.165) is 6.42 Å². The molecule has 2 rings (SSSR count). The van der Waals surface area contributed by atoms with E-state index in [0.29, 0.717) is 12.1 Å². The number of nitrogens with one attached hydrogen (secondary N) is 1. The second kappa shape index (κ2) is 7.43. The fraction of sp³-hybridized carbons (Fsp3) is 0.235. The van der Waals surface area contributed by atoms with Crippen LogP contribution < -0.4 is 10.1 Å². The molecule has 110 valence electrons. The topological polar surface area (TPSA) is 38.3 Å². The zero-order valence-corrected chi connectivity index (χ0v) is 11.9. The van der Waals surface area contributed by atoms with Crippen LogP contribution in [0.25, 0.3) is 0 Å². The lowest BCUT2D eigenvalue weighted by Crippen LogP contribution is -2.27. The molecule has 4 heteroatoms. The van der Waals surface area contributed by atoms with Gasteiger partial charge in [0.05, 0.1) is 13.5 Å². The predicted molar refractivity (Wildman–Crippen MR) is 79.8 cm³/mol. The lowest BCUT2D eigenvalue weighted by atomic mass is 10.1. The first-order valence-electron chi connectivity index (χ1n) is 6.82. The van der Waals surface area contributed by atoms with Crippen molar-refractivity contribution in [3.63, 3.8) is 0 Å². The van der Waals surface area contributed by atoms with Gasteiger partial charge in [0, 0.05) is 6.54 Å². The molecule has 0 aliphatic rings. The van der Waals surface area contributed by atoms with Crippen molar-refractivity contribution in [1.82, 2.24) is 5.32 Å². The Balaban J connectivity index is 1.80. The van der Waals surface area contributed by atoms with Gasteiger partial charge in [-0.15, -0.1) is 0 Å². The molecule has 0 fully saturated rings. The van der Waals surface area contributed by atoms with E-state index in [1.54, 1.807) is 6.07 Å². The molecule has 0 aliphatic heterocycles. The molecule has 2 aromatic rings. The normalized spacial score (nSPS) is 10.2. The maximum Gasteiger partial charge on any atom is 0.224 e. The van der Waals surface area contributed by atoms with Crippen LogP contribution in [-0.2, 0) is 17.6 Å². The van der Waals surface area contributed by atoms with Gasteiger partial charge in [0.1, 0.15) is 0 Å². The number of amides is 1. The third-order valence-corrected chi connectivity index (χ3v) is 3.16. The Labute approximate surface area is 123 Å². The van der Waals surface area contributed by atoms with E-state index < -0.39 is 5.82 Å². The monoisotopic (exact) mass is 287 g/mol. The number of rotatable bonds is 6. The Kier molecular flexibility index (Phi) is 5.32. The molecule has 2 aromatic carbocycles. The minimum absolute atomic E-state index is 0.115. The number of methoxy groups -OCH3 is 1.